The predicted octanol–water partition coefficient (Wildman–Crippen LogP) is 3.99. The van der Waals surface area contributed by atoms with Gasteiger partial charge in [0.05, 0.1) is 30.5 Å². The normalized spacial score (nSPS) is 18.7. The van der Waals surface area contributed by atoms with Crippen molar-refractivity contribution in [1.82, 2.24) is 9.78 Å². The minimum absolute atomic E-state index is 0.139. The van der Waals surface area contributed by atoms with Crippen molar-refractivity contribution in [2.45, 2.75) is 72.3 Å². The monoisotopic (exact) mass is 372 g/mol. The first-order valence-corrected chi connectivity index (χ1v) is 9.80. The summed E-state index contributed by atoms with van der Waals surface area (Å²) >= 11 is 0. The van der Waals surface area contributed by atoms with Crippen LogP contribution in [0.15, 0.2) is 42.7 Å². The summed E-state index contributed by atoms with van der Waals surface area (Å²) < 4.78 is 19.9. The molecule has 1 aliphatic heterocycles. The molecule has 5 nitrogen and oxygen atoms in total. The lowest BCUT2D eigenvalue weighted by atomic mass is 9.82. The molecule has 0 spiro atoms. The Bertz CT molecular complexity index is 684. The van der Waals surface area contributed by atoms with E-state index in [-0.39, 0.29) is 24.4 Å². The Labute approximate surface area is 164 Å². The molecule has 0 radical (unpaired) electrons. The third-order valence-electron chi connectivity index (χ3n) is 5.07. The van der Waals surface area contributed by atoms with E-state index in [0.29, 0.717) is 13.2 Å². The molecule has 1 aromatic carbocycles. The molecule has 1 unspecified atom stereocenters. The van der Waals surface area contributed by atoms with E-state index in [1.807, 2.05) is 49.1 Å². The van der Waals surface area contributed by atoms with Gasteiger partial charge in [0.2, 0.25) is 0 Å². The van der Waals surface area contributed by atoms with Crippen molar-refractivity contribution >= 4 is 12.6 Å². The largest absolute Gasteiger partial charge is 0.498 e. The average Bonchev–Trinajstić information content (AvgIpc) is 3.21. The Kier molecular flexibility index (Phi) is 7.26. The SMILES string of the molecule is CC.CC(COCc1ccccc1)n1cc(B2OC(C)(C)C(C)(C)O2)cn1. The van der Waals surface area contributed by atoms with Crippen molar-refractivity contribution < 1.29 is 14.0 Å². The third-order valence-corrected chi connectivity index (χ3v) is 5.07. The van der Waals surface area contributed by atoms with Gasteiger partial charge < -0.3 is 14.0 Å². The van der Waals surface area contributed by atoms with E-state index in [0.717, 1.165) is 5.46 Å². The van der Waals surface area contributed by atoms with Crippen LogP contribution in [-0.2, 0) is 20.7 Å². The van der Waals surface area contributed by atoms with Gasteiger partial charge in [0.1, 0.15) is 0 Å². The molecule has 1 saturated heterocycles. The van der Waals surface area contributed by atoms with Gasteiger partial charge in [0.15, 0.2) is 0 Å². The fourth-order valence-corrected chi connectivity index (χ4v) is 2.69. The van der Waals surface area contributed by atoms with Crippen molar-refractivity contribution in [3.05, 3.63) is 48.3 Å². The molecule has 0 bridgehead atoms. The maximum Gasteiger partial charge on any atom is 0.498 e. The molecular formula is C21H33BN2O3. The molecule has 0 N–H and O–H groups in total. The van der Waals surface area contributed by atoms with E-state index < -0.39 is 0 Å². The highest BCUT2D eigenvalue weighted by Crippen LogP contribution is 2.36. The molecular weight excluding hydrogens is 339 g/mol. The topological polar surface area (TPSA) is 45.5 Å². The molecule has 6 heteroatoms. The Balaban J connectivity index is 0.00000126. The lowest BCUT2D eigenvalue weighted by Gasteiger charge is -2.32. The van der Waals surface area contributed by atoms with Crippen LogP contribution >= 0.6 is 0 Å². The first-order valence-electron chi connectivity index (χ1n) is 9.80. The Hall–Kier alpha value is -1.63. The van der Waals surface area contributed by atoms with Crippen LogP contribution in [0.25, 0.3) is 0 Å². The van der Waals surface area contributed by atoms with Gasteiger partial charge in [0, 0.05) is 17.9 Å². The van der Waals surface area contributed by atoms with Gasteiger partial charge in [-0.25, -0.2) is 0 Å². The standard InChI is InChI=1S/C19H27BN2O3.C2H6/c1-15(13-23-14-16-9-7-6-8-10-16)22-12-17(11-21-22)20-24-18(2,3)19(4,5)25-20;1-2/h6-12,15H,13-14H2,1-5H3;1-2H3. The lowest BCUT2D eigenvalue weighted by molar-refractivity contribution is 0.00578. The van der Waals surface area contributed by atoms with Crippen LogP contribution in [0.5, 0.6) is 0 Å². The second-order valence-corrected chi connectivity index (χ2v) is 7.69. The van der Waals surface area contributed by atoms with Gasteiger partial charge in [-0.2, -0.15) is 5.10 Å². The number of ether oxygens (including phenoxy) is 1. The van der Waals surface area contributed by atoms with Gasteiger partial charge in [-0.3, -0.25) is 4.68 Å². The van der Waals surface area contributed by atoms with Crippen molar-refractivity contribution in [3.8, 4) is 0 Å². The van der Waals surface area contributed by atoms with Crippen LogP contribution in [-0.4, -0.2) is 34.7 Å². The second kappa shape index (κ2) is 9.04. The molecule has 0 amide bonds. The van der Waals surface area contributed by atoms with Gasteiger partial charge in [-0.05, 0) is 40.2 Å². The second-order valence-electron chi connectivity index (χ2n) is 7.69. The lowest BCUT2D eigenvalue weighted by Crippen LogP contribution is -2.41. The van der Waals surface area contributed by atoms with Crippen LogP contribution in [0.4, 0.5) is 0 Å². The summed E-state index contributed by atoms with van der Waals surface area (Å²) in [4.78, 5) is 0. The first-order chi connectivity index (χ1) is 12.8. The highest BCUT2D eigenvalue weighted by atomic mass is 16.7. The van der Waals surface area contributed by atoms with Crippen LogP contribution in [0.1, 0.15) is 60.1 Å². The molecule has 2 heterocycles. The number of hydrogen-bond acceptors (Lipinski definition) is 4. The van der Waals surface area contributed by atoms with Gasteiger partial charge in [-0.1, -0.05) is 44.2 Å². The third kappa shape index (κ3) is 5.21. The number of nitrogens with zero attached hydrogens (tertiary/aromatic N) is 2. The van der Waals surface area contributed by atoms with Crippen LogP contribution < -0.4 is 5.46 Å². The number of benzene rings is 1. The average molecular weight is 372 g/mol. The molecule has 1 aliphatic rings. The van der Waals surface area contributed by atoms with Crippen molar-refractivity contribution in [1.29, 1.82) is 0 Å². The van der Waals surface area contributed by atoms with Crippen molar-refractivity contribution in [2.75, 3.05) is 6.61 Å². The Morgan fingerprint density at radius 2 is 1.67 bits per heavy atom. The molecule has 1 fully saturated rings. The van der Waals surface area contributed by atoms with Gasteiger partial charge in [-0.15, -0.1) is 0 Å². The maximum atomic E-state index is 6.08. The smallest absolute Gasteiger partial charge is 0.399 e. The van der Waals surface area contributed by atoms with Gasteiger partial charge >= 0.3 is 7.12 Å². The molecule has 0 saturated carbocycles. The van der Waals surface area contributed by atoms with Crippen molar-refractivity contribution in [2.24, 2.45) is 0 Å². The minimum Gasteiger partial charge on any atom is -0.399 e. The van der Waals surface area contributed by atoms with Crippen LogP contribution in [0, 0.1) is 0 Å². The molecule has 0 aliphatic carbocycles. The fraction of sp³-hybridized carbons (Fsp3) is 0.571. The summed E-state index contributed by atoms with van der Waals surface area (Å²) in [7, 11) is -0.379. The highest BCUT2D eigenvalue weighted by molar-refractivity contribution is 6.62. The van der Waals surface area contributed by atoms with E-state index in [9.17, 15) is 0 Å². The fourth-order valence-electron chi connectivity index (χ4n) is 2.69. The molecule has 1 atom stereocenters. The Morgan fingerprint density at radius 3 is 2.26 bits per heavy atom. The Morgan fingerprint density at radius 1 is 1.07 bits per heavy atom. The molecule has 148 valence electrons. The van der Waals surface area contributed by atoms with E-state index in [1.54, 1.807) is 0 Å². The summed E-state index contributed by atoms with van der Waals surface area (Å²) in [6.45, 7) is 15.5. The van der Waals surface area contributed by atoms with Crippen LogP contribution in [0.3, 0.4) is 0 Å². The number of rotatable bonds is 6. The minimum atomic E-state index is -0.379. The molecule has 3 rings (SSSR count). The zero-order valence-electron chi connectivity index (χ0n) is 17.7. The maximum absolute atomic E-state index is 6.08. The van der Waals surface area contributed by atoms with E-state index >= 15 is 0 Å². The molecule has 2 aromatic rings. The summed E-state index contributed by atoms with van der Waals surface area (Å²) in [5.74, 6) is 0. The molecule has 27 heavy (non-hydrogen) atoms. The summed E-state index contributed by atoms with van der Waals surface area (Å²) in [6.07, 6.45) is 3.80. The van der Waals surface area contributed by atoms with E-state index in [1.165, 1.54) is 5.56 Å². The number of hydrogen-bond donors (Lipinski definition) is 0. The number of aromatic nitrogens is 2. The highest BCUT2D eigenvalue weighted by Gasteiger charge is 2.52. The first kappa shape index (κ1) is 21.7. The van der Waals surface area contributed by atoms with Gasteiger partial charge in [0.25, 0.3) is 0 Å². The summed E-state index contributed by atoms with van der Waals surface area (Å²) in [5.41, 5.74) is 1.43. The zero-order valence-corrected chi connectivity index (χ0v) is 17.7. The molecule has 1 aromatic heterocycles. The van der Waals surface area contributed by atoms with Crippen LogP contribution in [0.2, 0.25) is 0 Å². The van der Waals surface area contributed by atoms with Crippen molar-refractivity contribution in [3.63, 3.8) is 0 Å². The zero-order chi connectivity index (χ0) is 20.1. The van der Waals surface area contributed by atoms with E-state index in [4.69, 9.17) is 14.0 Å². The predicted molar refractivity (Wildman–Crippen MR) is 110 cm³/mol. The quantitative estimate of drug-likeness (QED) is 0.720. The summed E-state index contributed by atoms with van der Waals surface area (Å²) in [6, 6.07) is 10.3. The summed E-state index contributed by atoms with van der Waals surface area (Å²) in [5, 5.41) is 4.46. The van der Waals surface area contributed by atoms with E-state index in [2.05, 4.69) is 51.9 Å².